The van der Waals surface area contributed by atoms with Crippen molar-refractivity contribution in [1.82, 2.24) is 29.7 Å². The van der Waals surface area contributed by atoms with Crippen LogP contribution in [0.4, 0.5) is 0 Å². The van der Waals surface area contributed by atoms with E-state index in [0.717, 1.165) is 36.3 Å². The number of unbranched alkanes of at least 4 members (excludes halogenated alkanes) is 1. The van der Waals surface area contributed by atoms with Gasteiger partial charge >= 0.3 is 0 Å². The number of carbonyl (C=O) groups excluding carboxylic acids is 1. The van der Waals surface area contributed by atoms with Crippen molar-refractivity contribution in [3.8, 4) is 0 Å². The van der Waals surface area contributed by atoms with E-state index in [2.05, 4.69) is 27.5 Å². The maximum Gasteiger partial charge on any atom is 0.244 e. The van der Waals surface area contributed by atoms with Crippen LogP contribution >= 0.6 is 11.6 Å². The van der Waals surface area contributed by atoms with Gasteiger partial charge in [0.2, 0.25) is 5.91 Å². The summed E-state index contributed by atoms with van der Waals surface area (Å²) in [7, 11) is 0. The molecule has 27 heavy (non-hydrogen) atoms. The Morgan fingerprint density at radius 2 is 2.19 bits per heavy atom. The minimum Gasteiger partial charge on any atom is -0.343 e. The molecule has 3 aromatic heterocycles. The summed E-state index contributed by atoms with van der Waals surface area (Å²) in [5.41, 5.74) is 2.31. The number of halogens is 1. The van der Waals surface area contributed by atoms with Crippen molar-refractivity contribution in [2.75, 3.05) is 0 Å². The van der Waals surface area contributed by atoms with Crippen molar-refractivity contribution < 1.29 is 4.79 Å². The van der Waals surface area contributed by atoms with Crippen molar-refractivity contribution in [2.45, 2.75) is 46.2 Å². The fourth-order valence-electron chi connectivity index (χ4n) is 2.85. The maximum absolute atomic E-state index is 12.3. The molecule has 3 rings (SSSR count). The number of rotatable bonds is 7. The van der Waals surface area contributed by atoms with Gasteiger partial charge < -0.3 is 5.32 Å². The van der Waals surface area contributed by atoms with Gasteiger partial charge in [0.05, 0.1) is 11.7 Å². The number of aromatic nitrogens is 5. The first kappa shape index (κ1) is 19.1. The number of pyridine rings is 1. The average Bonchev–Trinajstić information content (AvgIpc) is 3.19. The lowest BCUT2D eigenvalue weighted by Gasteiger charge is -2.10. The van der Waals surface area contributed by atoms with E-state index in [-0.39, 0.29) is 11.9 Å². The fourth-order valence-corrected chi connectivity index (χ4v) is 3.17. The van der Waals surface area contributed by atoms with E-state index >= 15 is 0 Å². The third-order valence-corrected chi connectivity index (χ3v) is 4.72. The molecule has 0 saturated carbocycles. The van der Waals surface area contributed by atoms with Crippen LogP contribution in [0.25, 0.3) is 11.7 Å². The topological polar surface area (TPSA) is 77.1 Å². The second-order valence-electron chi connectivity index (χ2n) is 6.42. The summed E-state index contributed by atoms with van der Waals surface area (Å²) in [5.74, 6) is 0.445. The Bertz CT molecular complexity index is 974. The standard InChI is InChI=1S/C19H23ClN6O/c1-4-5-12-26-18(20)15(13(2)24-26)9-10-17(27)21-14(3)19-23-22-16-8-6-7-11-25(16)19/h6-11,14H,4-5,12H2,1-3H3,(H,21,27)/b10-9+. The van der Waals surface area contributed by atoms with E-state index in [1.807, 2.05) is 42.6 Å². The average molecular weight is 387 g/mol. The third-order valence-electron chi connectivity index (χ3n) is 4.32. The van der Waals surface area contributed by atoms with Crippen LogP contribution in [0.5, 0.6) is 0 Å². The van der Waals surface area contributed by atoms with Gasteiger partial charge in [0.25, 0.3) is 0 Å². The Hall–Kier alpha value is -2.67. The number of fused-ring (bicyclic) bond motifs is 1. The molecule has 3 heterocycles. The molecular formula is C19H23ClN6O. The molecule has 0 saturated heterocycles. The van der Waals surface area contributed by atoms with Crippen molar-refractivity contribution >= 4 is 29.2 Å². The molecule has 0 bridgehead atoms. The molecule has 0 spiro atoms. The van der Waals surface area contributed by atoms with Gasteiger partial charge in [-0.05, 0) is 38.5 Å². The first-order valence-electron chi connectivity index (χ1n) is 9.02. The van der Waals surface area contributed by atoms with Gasteiger partial charge in [-0.15, -0.1) is 10.2 Å². The lowest BCUT2D eigenvalue weighted by Crippen LogP contribution is -2.26. The Morgan fingerprint density at radius 1 is 1.37 bits per heavy atom. The zero-order valence-corrected chi connectivity index (χ0v) is 16.4. The third kappa shape index (κ3) is 4.19. The largest absolute Gasteiger partial charge is 0.343 e. The molecule has 1 atom stereocenters. The molecule has 0 aliphatic carbocycles. The van der Waals surface area contributed by atoms with Crippen LogP contribution in [0.2, 0.25) is 5.15 Å². The smallest absolute Gasteiger partial charge is 0.244 e. The predicted molar refractivity (Wildman–Crippen MR) is 105 cm³/mol. The SMILES string of the molecule is CCCCn1nc(C)c(/C=C/C(=O)NC(C)c2nnc3ccccn23)c1Cl. The van der Waals surface area contributed by atoms with Crippen molar-refractivity contribution in [2.24, 2.45) is 0 Å². The highest BCUT2D eigenvalue weighted by Gasteiger charge is 2.15. The van der Waals surface area contributed by atoms with Crippen molar-refractivity contribution in [1.29, 1.82) is 0 Å². The van der Waals surface area contributed by atoms with Crippen LogP contribution in [0.1, 0.15) is 49.8 Å². The maximum atomic E-state index is 12.3. The lowest BCUT2D eigenvalue weighted by atomic mass is 10.2. The molecule has 7 nitrogen and oxygen atoms in total. The Morgan fingerprint density at radius 3 is 2.96 bits per heavy atom. The number of hydrogen-bond acceptors (Lipinski definition) is 4. The minimum absolute atomic E-state index is 0.230. The molecule has 0 aliphatic rings. The zero-order valence-electron chi connectivity index (χ0n) is 15.7. The number of aryl methyl sites for hydroxylation is 2. The van der Waals surface area contributed by atoms with Crippen LogP contribution in [0, 0.1) is 6.92 Å². The molecule has 8 heteroatoms. The van der Waals surface area contributed by atoms with E-state index < -0.39 is 0 Å². The molecule has 0 fully saturated rings. The van der Waals surface area contributed by atoms with Crippen LogP contribution < -0.4 is 5.32 Å². The van der Waals surface area contributed by atoms with Gasteiger partial charge in [0.1, 0.15) is 5.15 Å². The van der Waals surface area contributed by atoms with E-state index in [9.17, 15) is 4.79 Å². The van der Waals surface area contributed by atoms with Crippen LogP contribution in [0.15, 0.2) is 30.5 Å². The summed E-state index contributed by atoms with van der Waals surface area (Å²) in [5, 5.41) is 16.2. The second-order valence-corrected chi connectivity index (χ2v) is 6.78. The summed E-state index contributed by atoms with van der Waals surface area (Å²) >= 11 is 6.40. The molecule has 1 N–H and O–H groups in total. The molecular weight excluding hydrogens is 364 g/mol. The summed E-state index contributed by atoms with van der Waals surface area (Å²) in [4.78, 5) is 12.3. The van der Waals surface area contributed by atoms with Crippen molar-refractivity contribution in [3.63, 3.8) is 0 Å². The Kier molecular flexibility index (Phi) is 5.91. The quantitative estimate of drug-likeness (QED) is 0.629. The fraction of sp³-hybridized carbons (Fsp3) is 0.368. The first-order valence-corrected chi connectivity index (χ1v) is 9.40. The molecule has 142 valence electrons. The number of amides is 1. The molecule has 0 aliphatic heterocycles. The van der Waals surface area contributed by atoms with Gasteiger partial charge in [-0.2, -0.15) is 5.10 Å². The lowest BCUT2D eigenvalue weighted by molar-refractivity contribution is -0.117. The Labute approximate surface area is 163 Å². The van der Waals surface area contributed by atoms with Gasteiger partial charge in [-0.25, -0.2) is 0 Å². The van der Waals surface area contributed by atoms with E-state index in [0.29, 0.717) is 11.0 Å². The number of hydrogen-bond donors (Lipinski definition) is 1. The molecule has 1 amide bonds. The normalized spacial score (nSPS) is 12.7. The number of nitrogens with zero attached hydrogens (tertiary/aromatic N) is 5. The van der Waals surface area contributed by atoms with Gasteiger partial charge in [-0.3, -0.25) is 13.9 Å². The number of nitrogens with one attached hydrogen (secondary N) is 1. The summed E-state index contributed by atoms with van der Waals surface area (Å²) in [6.45, 7) is 6.65. The zero-order chi connectivity index (χ0) is 19.4. The number of carbonyl (C=O) groups is 1. The van der Waals surface area contributed by atoms with Gasteiger partial charge in [0.15, 0.2) is 11.5 Å². The second kappa shape index (κ2) is 8.35. The van der Waals surface area contributed by atoms with Gasteiger partial charge in [-0.1, -0.05) is 31.0 Å². The predicted octanol–water partition coefficient (Wildman–Crippen LogP) is 3.58. The van der Waals surface area contributed by atoms with Crippen LogP contribution in [-0.2, 0) is 11.3 Å². The molecule has 1 unspecified atom stereocenters. The Balaban J connectivity index is 1.69. The summed E-state index contributed by atoms with van der Waals surface area (Å²) in [6.07, 6.45) is 7.13. The van der Waals surface area contributed by atoms with E-state index in [1.54, 1.807) is 10.8 Å². The van der Waals surface area contributed by atoms with Gasteiger partial charge in [0, 0.05) is 24.4 Å². The van der Waals surface area contributed by atoms with Crippen LogP contribution in [0.3, 0.4) is 0 Å². The van der Waals surface area contributed by atoms with E-state index in [4.69, 9.17) is 11.6 Å². The van der Waals surface area contributed by atoms with Crippen molar-refractivity contribution in [3.05, 3.63) is 52.7 Å². The highest BCUT2D eigenvalue weighted by molar-refractivity contribution is 6.31. The minimum atomic E-state index is -0.289. The van der Waals surface area contributed by atoms with Crippen LogP contribution in [-0.4, -0.2) is 30.3 Å². The highest BCUT2D eigenvalue weighted by Crippen LogP contribution is 2.22. The molecule has 3 aromatic rings. The highest BCUT2D eigenvalue weighted by atomic mass is 35.5. The van der Waals surface area contributed by atoms with E-state index in [1.165, 1.54) is 6.08 Å². The molecule has 0 aromatic carbocycles. The molecule has 0 radical (unpaired) electrons. The summed E-state index contributed by atoms with van der Waals surface area (Å²) < 4.78 is 3.64. The first-order chi connectivity index (χ1) is 13.0. The monoisotopic (exact) mass is 386 g/mol. The summed E-state index contributed by atoms with van der Waals surface area (Å²) in [6, 6.07) is 5.37.